The maximum Gasteiger partial charge on any atom is 0.315 e. The first-order valence-electron chi connectivity index (χ1n) is 7.45. The van der Waals surface area contributed by atoms with Crippen LogP contribution >= 0.6 is 11.3 Å². The number of aliphatic carboxylic acids is 1. The van der Waals surface area contributed by atoms with E-state index in [-0.39, 0.29) is 18.6 Å². The molecule has 0 spiro atoms. The molecule has 2 atom stereocenters. The minimum Gasteiger partial charge on any atom is -0.481 e. The van der Waals surface area contributed by atoms with Crippen LogP contribution in [0.4, 0.5) is 4.79 Å². The summed E-state index contributed by atoms with van der Waals surface area (Å²) in [6.07, 6.45) is 4.47. The Morgan fingerprint density at radius 1 is 1.52 bits per heavy atom. The maximum absolute atomic E-state index is 12.0. The summed E-state index contributed by atoms with van der Waals surface area (Å²) in [5.41, 5.74) is 1.21. The SMILES string of the molecule is CCCC(CNC(=O)NC1CCCc2sccc21)C(=O)O. The van der Waals surface area contributed by atoms with Gasteiger partial charge in [0.2, 0.25) is 0 Å². The summed E-state index contributed by atoms with van der Waals surface area (Å²) >= 11 is 1.74. The first-order valence-corrected chi connectivity index (χ1v) is 8.33. The van der Waals surface area contributed by atoms with Crippen LogP contribution in [-0.4, -0.2) is 23.7 Å². The Labute approximate surface area is 128 Å². The molecule has 116 valence electrons. The molecule has 1 aromatic rings. The van der Waals surface area contributed by atoms with E-state index < -0.39 is 11.9 Å². The smallest absolute Gasteiger partial charge is 0.315 e. The van der Waals surface area contributed by atoms with Gasteiger partial charge in [0.05, 0.1) is 12.0 Å². The molecule has 2 rings (SSSR count). The lowest BCUT2D eigenvalue weighted by Crippen LogP contribution is -2.42. The lowest BCUT2D eigenvalue weighted by Gasteiger charge is -2.24. The van der Waals surface area contributed by atoms with Gasteiger partial charge in [-0.3, -0.25) is 4.79 Å². The van der Waals surface area contributed by atoms with E-state index in [2.05, 4.69) is 22.1 Å². The zero-order valence-electron chi connectivity index (χ0n) is 12.2. The molecule has 0 aliphatic heterocycles. The largest absolute Gasteiger partial charge is 0.481 e. The molecule has 0 fully saturated rings. The number of hydrogen-bond donors (Lipinski definition) is 3. The normalized spacial score (nSPS) is 18.6. The Kier molecular flexibility index (Phi) is 5.61. The van der Waals surface area contributed by atoms with E-state index in [1.165, 1.54) is 10.4 Å². The Hall–Kier alpha value is -1.56. The van der Waals surface area contributed by atoms with Crippen molar-refractivity contribution in [3.05, 3.63) is 21.9 Å². The molecule has 0 saturated heterocycles. The van der Waals surface area contributed by atoms with Crippen molar-refractivity contribution >= 4 is 23.3 Å². The number of amides is 2. The molecule has 0 radical (unpaired) electrons. The third-order valence-corrected chi connectivity index (χ3v) is 4.85. The third-order valence-electron chi connectivity index (χ3n) is 3.85. The Bertz CT molecular complexity index is 501. The fraction of sp³-hybridized carbons (Fsp3) is 0.600. The summed E-state index contributed by atoms with van der Waals surface area (Å²) in [7, 11) is 0. The van der Waals surface area contributed by atoms with Gasteiger partial charge in [-0.05, 0) is 42.7 Å². The Morgan fingerprint density at radius 3 is 3.05 bits per heavy atom. The molecule has 1 aromatic heterocycles. The number of thiophene rings is 1. The van der Waals surface area contributed by atoms with Gasteiger partial charge < -0.3 is 15.7 Å². The molecule has 21 heavy (non-hydrogen) atoms. The predicted molar refractivity (Wildman–Crippen MR) is 82.6 cm³/mol. The monoisotopic (exact) mass is 310 g/mol. The van der Waals surface area contributed by atoms with Gasteiger partial charge in [0.1, 0.15) is 0 Å². The van der Waals surface area contributed by atoms with Crippen LogP contribution in [0.15, 0.2) is 11.4 Å². The van der Waals surface area contributed by atoms with E-state index in [4.69, 9.17) is 5.11 Å². The quantitative estimate of drug-likeness (QED) is 0.756. The molecule has 0 aromatic carbocycles. The van der Waals surface area contributed by atoms with Gasteiger partial charge >= 0.3 is 12.0 Å². The summed E-state index contributed by atoms with van der Waals surface area (Å²) in [6, 6.07) is 1.84. The maximum atomic E-state index is 12.0. The van der Waals surface area contributed by atoms with Gasteiger partial charge in [0.15, 0.2) is 0 Å². The summed E-state index contributed by atoms with van der Waals surface area (Å²) in [4.78, 5) is 24.4. The van der Waals surface area contributed by atoms with E-state index >= 15 is 0 Å². The van der Waals surface area contributed by atoms with Crippen molar-refractivity contribution in [2.75, 3.05) is 6.54 Å². The highest BCUT2D eigenvalue weighted by Crippen LogP contribution is 2.33. The van der Waals surface area contributed by atoms with Gasteiger partial charge in [-0.1, -0.05) is 13.3 Å². The number of rotatable bonds is 6. The number of hydrogen-bond acceptors (Lipinski definition) is 3. The van der Waals surface area contributed by atoms with E-state index in [1.54, 1.807) is 11.3 Å². The summed E-state index contributed by atoms with van der Waals surface area (Å²) in [6.45, 7) is 2.12. The molecule has 0 bridgehead atoms. The van der Waals surface area contributed by atoms with Gasteiger partial charge in [-0.15, -0.1) is 11.3 Å². The van der Waals surface area contributed by atoms with Crippen LogP contribution in [0.2, 0.25) is 0 Å². The Balaban J connectivity index is 1.84. The fourth-order valence-electron chi connectivity index (χ4n) is 2.72. The van der Waals surface area contributed by atoms with E-state index in [0.29, 0.717) is 6.42 Å². The van der Waals surface area contributed by atoms with Crippen molar-refractivity contribution in [2.45, 2.75) is 45.1 Å². The lowest BCUT2D eigenvalue weighted by atomic mass is 9.94. The van der Waals surface area contributed by atoms with Crippen molar-refractivity contribution in [3.63, 3.8) is 0 Å². The van der Waals surface area contributed by atoms with Crippen LogP contribution in [-0.2, 0) is 11.2 Å². The van der Waals surface area contributed by atoms with Crippen LogP contribution in [0.1, 0.15) is 49.1 Å². The molecular weight excluding hydrogens is 288 g/mol. The second kappa shape index (κ2) is 7.45. The highest BCUT2D eigenvalue weighted by Gasteiger charge is 2.23. The summed E-state index contributed by atoms with van der Waals surface area (Å²) < 4.78 is 0. The zero-order valence-corrected chi connectivity index (χ0v) is 13.0. The van der Waals surface area contributed by atoms with Gasteiger partial charge in [-0.2, -0.15) is 0 Å². The number of carbonyl (C=O) groups excluding carboxylic acids is 1. The molecule has 1 heterocycles. The van der Waals surface area contributed by atoms with Crippen molar-refractivity contribution < 1.29 is 14.7 Å². The Morgan fingerprint density at radius 2 is 2.33 bits per heavy atom. The van der Waals surface area contributed by atoms with Crippen molar-refractivity contribution in [3.8, 4) is 0 Å². The van der Waals surface area contributed by atoms with Crippen molar-refractivity contribution in [2.24, 2.45) is 5.92 Å². The second-order valence-electron chi connectivity index (χ2n) is 5.42. The molecule has 1 aliphatic rings. The molecule has 1 aliphatic carbocycles. The van der Waals surface area contributed by atoms with E-state index in [1.807, 2.05) is 6.92 Å². The standard InChI is InChI=1S/C15H22N2O3S/c1-2-4-10(14(18)19)9-16-15(20)17-12-5-3-6-13-11(12)7-8-21-13/h7-8,10,12H,2-6,9H2,1H3,(H,18,19)(H2,16,17,20). The molecule has 2 amide bonds. The minimum atomic E-state index is -0.852. The van der Waals surface area contributed by atoms with Crippen LogP contribution in [0.25, 0.3) is 0 Å². The number of nitrogens with one attached hydrogen (secondary N) is 2. The molecule has 6 heteroatoms. The van der Waals surface area contributed by atoms with E-state index in [0.717, 1.165) is 25.7 Å². The third kappa shape index (κ3) is 4.20. The number of carboxylic acid groups (broad SMARTS) is 1. The highest BCUT2D eigenvalue weighted by molar-refractivity contribution is 7.10. The van der Waals surface area contributed by atoms with E-state index in [9.17, 15) is 9.59 Å². The topological polar surface area (TPSA) is 78.4 Å². The van der Waals surface area contributed by atoms with Crippen LogP contribution in [0.3, 0.4) is 0 Å². The molecule has 2 unspecified atom stereocenters. The molecule has 3 N–H and O–H groups in total. The number of carbonyl (C=O) groups is 2. The van der Waals surface area contributed by atoms with Gasteiger partial charge in [-0.25, -0.2) is 4.79 Å². The number of urea groups is 1. The van der Waals surface area contributed by atoms with Crippen LogP contribution in [0, 0.1) is 5.92 Å². The first-order chi connectivity index (χ1) is 10.1. The molecular formula is C15H22N2O3S. The molecule has 5 nitrogen and oxygen atoms in total. The second-order valence-corrected chi connectivity index (χ2v) is 6.42. The van der Waals surface area contributed by atoms with Crippen molar-refractivity contribution in [1.82, 2.24) is 10.6 Å². The van der Waals surface area contributed by atoms with Gasteiger partial charge in [0, 0.05) is 11.4 Å². The average Bonchev–Trinajstić information content (AvgIpc) is 2.92. The number of fused-ring (bicyclic) bond motifs is 1. The highest BCUT2D eigenvalue weighted by atomic mass is 32.1. The number of carboxylic acids is 1. The lowest BCUT2D eigenvalue weighted by molar-refractivity contribution is -0.141. The summed E-state index contributed by atoms with van der Waals surface area (Å²) in [5.74, 6) is -1.36. The predicted octanol–water partition coefficient (Wildman–Crippen LogP) is 2.93. The van der Waals surface area contributed by atoms with Crippen LogP contribution in [0.5, 0.6) is 0 Å². The zero-order chi connectivity index (χ0) is 15.2. The van der Waals surface area contributed by atoms with Crippen LogP contribution < -0.4 is 10.6 Å². The minimum absolute atomic E-state index is 0.0504. The fourth-order valence-corrected chi connectivity index (χ4v) is 3.71. The number of aryl methyl sites for hydroxylation is 1. The molecule has 0 saturated carbocycles. The van der Waals surface area contributed by atoms with Crippen molar-refractivity contribution in [1.29, 1.82) is 0 Å². The summed E-state index contributed by atoms with van der Waals surface area (Å²) in [5, 5.41) is 16.8. The first kappa shape index (κ1) is 15.8. The van der Waals surface area contributed by atoms with Gasteiger partial charge in [0.25, 0.3) is 0 Å². The average molecular weight is 310 g/mol.